The highest BCUT2D eigenvalue weighted by Gasteiger charge is 2.48. The first kappa shape index (κ1) is 19.9. The van der Waals surface area contributed by atoms with Crippen LogP contribution in [0.15, 0.2) is 0 Å². The number of carbonyl (C=O) groups excluding carboxylic acids is 2. The van der Waals surface area contributed by atoms with Crippen molar-refractivity contribution in [3.05, 3.63) is 0 Å². The fourth-order valence-electron chi connectivity index (χ4n) is 2.57. The van der Waals surface area contributed by atoms with Gasteiger partial charge in [0.15, 0.2) is 18.3 Å². The molecule has 4 atom stereocenters. The van der Waals surface area contributed by atoms with Crippen LogP contribution >= 0.6 is 0 Å². The Kier molecular flexibility index (Phi) is 9.13. The Balaban J connectivity index is 2.11. The number of carbonyl (C=O) groups is 2. The summed E-state index contributed by atoms with van der Waals surface area (Å²) in [6, 6.07) is 0. The number of ether oxygens (including phenoxy) is 1. The molecular formula is C16H29NO6. The van der Waals surface area contributed by atoms with E-state index in [1.165, 1.54) is 32.1 Å². The second-order valence-corrected chi connectivity index (χ2v) is 6.05. The van der Waals surface area contributed by atoms with Gasteiger partial charge in [0, 0.05) is 6.54 Å². The predicted molar refractivity (Wildman–Crippen MR) is 83.5 cm³/mol. The van der Waals surface area contributed by atoms with Crippen LogP contribution in [-0.4, -0.2) is 58.2 Å². The summed E-state index contributed by atoms with van der Waals surface area (Å²) in [6.45, 7) is 2.60. The molecule has 4 N–H and O–H groups in total. The molecule has 1 amide bonds. The fraction of sp³-hybridized carbons (Fsp3) is 0.875. The number of cyclic esters (lactones) is 1. The number of nitrogens with one attached hydrogen (secondary N) is 1. The Morgan fingerprint density at radius 2 is 1.70 bits per heavy atom. The number of aliphatic hydroxyl groups excluding tert-OH is 3. The number of hydrogen-bond donors (Lipinski definition) is 4. The smallest absolute Gasteiger partial charge is 0.338 e. The third kappa shape index (κ3) is 6.45. The molecule has 0 aromatic heterocycles. The van der Waals surface area contributed by atoms with Crippen LogP contribution in [0, 0.1) is 0 Å². The van der Waals surface area contributed by atoms with E-state index in [-0.39, 0.29) is 0 Å². The van der Waals surface area contributed by atoms with E-state index >= 15 is 0 Å². The maximum Gasteiger partial charge on any atom is 0.338 e. The topological polar surface area (TPSA) is 116 Å². The molecule has 0 aliphatic carbocycles. The van der Waals surface area contributed by atoms with Crippen molar-refractivity contribution in [3.63, 3.8) is 0 Å². The number of hydrogen-bond acceptors (Lipinski definition) is 6. The Hall–Kier alpha value is -1.18. The van der Waals surface area contributed by atoms with E-state index in [1.54, 1.807) is 0 Å². The maximum absolute atomic E-state index is 11.8. The summed E-state index contributed by atoms with van der Waals surface area (Å²) < 4.78 is 4.61. The van der Waals surface area contributed by atoms with Crippen molar-refractivity contribution in [2.75, 3.05) is 6.54 Å². The van der Waals surface area contributed by atoms with Crippen molar-refractivity contribution < 1.29 is 29.6 Å². The summed E-state index contributed by atoms with van der Waals surface area (Å²) in [5, 5.41) is 31.1. The molecule has 0 aromatic rings. The van der Waals surface area contributed by atoms with Crippen molar-refractivity contribution in [1.29, 1.82) is 0 Å². The summed E-state index contributed by atoms with van der Waals surface area (Å²) in [5.41, 5.74) is 0. The van der Waals surface area contributed by atoms with E-state index in [4.69, 9.17) is 0 Å². The van der Waals surface area contributed by atoms with E-state index in [2.05, 4.69) is 17.0 Å². The average Bonchev–Trinajstić information content (AvgIpc) is 2.80. The summed E-state index contributed by atoms with van der Waals surface area (Å²) in [7, 11) is 0. The fourth-order valence-corrected chi connectivity index (χ4v) is 2.57. The summed E-state index contributed by atoms with van der Waals surface area (Å²) in [4.78, 5) is 22.8. The summed E-state index contributed by atoms with van der Waals surface area (Å²) in [5.74, 6) is -1.74. The molecule has 0 bridgehead atoms. The van der Waals surface area contributed by atoms with Gasteiger partial charge in [-0.3, -0.25) is 4.79 Å². The lowest BCUT2D eigenvalue weighted by Gasteiger charge is -2.19. The summed E-state index contributed by atoms with van der Waals surface area (Å²) >= 11 is 0. The van der Waals surface area contributed by atoms with Gasteiger partial charge >= 0.3 is 5.97 Å². The molecule has 23 heavy (non-hydrogen) atoms. The molecule has 1 heterocycles. The molecule has 0 radical (unpaired) electrons. The zero-order chi connectivity index (χ0) is 17.2. The molecule has 7 heteroatoms. The zero-order valence-electron chi connectivity index (χ0n) is 13.7. The van der Waals surface area contributed by atoms with Crippen molar-refractivity contribution in [2.24, 2.45) is 0 Å². The molecule has 1 aliphatic heterocycles. The normalized spacial score (nSPS) is 25.2. The first-order valence-electron chi connectivity index (χ1n) is 8.51. The Morgan fingerprint density at radius 3 is 2.22 bits per heavy atom. The monoisotopic (exact) mass is 331 g/mol. The predicted octanol–water partition coefficient (Wildman–Crippen LogP) is 0.251. The van der Waals surface area contributed by atoms with Crippen LogP contribution in [-0.2, 0) is 14.3 Å². The number of esters is 1. The molecule has 134 valence electrons. The lowest BCUT2D eigenvalue weighted by molar-refractivity contribution is -0.153. The number of amides is 1. The van der Waals surface area contributed by atoms with E-state index < -0.39 is 36.3 Å². The van der Waals surface area contributed by atoms with Gasteiger partial charge in [-0.2, -0.15) is 0 Å². The van der Waals surface area contributed by atoms with Crippen LogP contribution in [0.2, 0.25) is 0 Å². The zero-order valence-corrected chi connectivity index (χ0v) is 13.7. The molecule has 0 aromatic carbocycles. The number of unbranched alkanes of at least 4 members (excludes halogenated alkanes) is 7. The lowest BCUT2D eigenvalue weighted by atomic mass is 10.1. The number of rotatable bonds is 11. The van der Waals surface area contributed by atoms with Crippen molar-refractivity contribution in [1.82, 2.24) is 5.32 Å². The van der Waals surface area contributed by atoms with Gasteiger partial charge in [0.1, 0.15) is 6.10 Å². The number of aliphatic hydroxyl groups is 3. The third-order valence-electron chi connectivity index (χ3n) is 4.06. The van der Waals surface area contributed by atoms with Gasteiger partial charge in [0.05, 0.1) is 0 Å². The van der Waals surface area contributed by atoms with Gasteiger partial charge in [-0.25, -0.2) is 4.79 Å². The van der Waals surface area contributed by atoms with E-state index in [0.29, 0.717) is 6.54 Å². The van der Waals surface area contributed by atoms with Crippen LogP contribution in [0.5, 0.6) is 0 Å². The van der Waals surface area contributed by atoms with Crippen LogP contribution in [0.25, 0.3) is 0 Å². The van der Waals surface area contributed by atoms with Gasteiger partial charge in [-0.15, -0.1) is 0 Å². The molecule has 1 saturated heterocycles. The minimum Gasteiger partial charge on any atom is -0.454 e. The van der Waals surface area contributed by atoms with Crippen molar-refractivity contribution in [2.45, 2.75) is 82.7 Å². The first-order valence-corrected chi connectivity index (χ1v) is 8.51. The quantitative estimate of drug-likeness (QED) is 0.319. The molecule has 1 fully saturated rings. The van der Waals surface area contributed by atoms with Gasteiger partial charge in [0.25, 0.3) is 5.91 Å². The Morgan fingerprint density at radius 1 is 1.13 bits per heavy atom. The van der Waals surface area contributed by atoms with Crippen LogP contribution in [0.4, 0.5) is 0 Å². The van der Waals surface area contributed by atoms with E-state index in [1.807, 2.05) is 0 Å². The highest BCUT2D eigenvalue weighted by atomic mass is 16.6. The Bertz CT molecular complexity index is 376. The molecule has 0 spiro atoms. The van der Waals surface area contributed by atoms with Gasteiger partial charge in [0.2, 0.25) is 0 Å². The largest absolute Gasteiger partial charge is 0.454 e. The molecular weight excluding hydrogens is 302 g/mol. The van der Waals surface area contributed by atoms with E-state index in [9.17, 15) is 24.9 Å². The first-order chi connectivity index (χ1) is 11.0. The second kappa shape index (κ2) is 10.6. The molecule has 1 aliphatic rings. The van der Waals surface area contributed by atoms with Crippen molar-refractivity contribution in [3.8, 4) is 0 Å². The van der Waals surface area contributed by atoms with Crippen LogP contribution in [0.3, 0.4) is 0 Å². The highest BCUT2D eigenvalue weighted by Crippen LogP contribution is 2.19. The van der Waals surface area contributed by atoms with E-state index in [0.717, 1.165) is 19.3 Å². The minimum absolute atomic E-state index is 0.421. The van der Waals surface area contributed by atoms with Gasteiger partial charge in [-0.05, 0) is 6.42 Å². The molecule has 0 saturated carbocycles. The minimum atomic E-state index is -1.71. The van der Waals surface area contributed by atoms with Crippen LogP contribution in [0.1, 0.15) is 58.3 Å². The maximum atomic E-state index is 11.8. The van der Waals surface area contributed by atoms with Crippen molar-refractivity contribution >= 4 is 11.9 Å². The van der Waals surface area contributed by atoms with Gasteiger partial charge in [-0.1, -0.05) is 51.9 Å². The second-order valence-electron chi connectivity index (χ2n) is 6.05. The molecule has 1 rings (SSSR count). The summed E-state index contributed by atoms with van der Waals surface area (Å²) in [6.07, 6.45) is 2.74. The molecule has 1 unspecified atom stereocenters. The highest BCUT2D eigenvalue weighted by molar-refractivity contribution is 5.84. The average molecular weight is 331 g/mol. The lowest BCUT2D eigenvalue weighted by Crippen LogP contribution is -2.47. The standard InChI is InChI=1S/C16H29NO6/c1-2-3-4-5-6-7-8-9-10-17-15(21)13(20)14-11(18)12(19)16(22)23-14/h11-14,18-20H,2-10H2,1H3,(H,17,21)/t11-,12+,13?,14+/m1/s1. The SMILES string of the molecule is CCCCCCCCCCNC(=O)C(O)[C@H]1OC(=O)[C@@H](O)[C@H]1O. The van der Waals surface area contributed by atoms with Crippen LogP contribution < -0.4 is 5.32 Å². The Labute approximate surface area is 137 Å². The van der Waals surface area contributed by atoms with Gasteiger partial charge < -0.3 is 25.4 Å². The third-order valence-corrected chi connectivity index (χ3v) is 4.06. The molecule has 7 nitrogen and oxygen atoms in total.